The molecule has 0 aliphatic carbocycles. The van der Waals surface area contributed by atoms with Crippen molar-refractivity contribution >= 4 is 17.3 Å². The van der Waals surface area contributed by atoms with E-state index in [2.05, 4.69) is 10.3 Å². The molecule has 0 aromatic carbocycles. The van der Waals surface area contributed by atoms with Gasteiger partial charge in [-0.25, -0.2) is 0 Å². The number of hydrogen-bond donors (Lipinski definition) is 2. The average molecular weight is 244 g/mol. The Bertz CT molecular complexity index is 607. The van der Waals surface area contributed by atoms with E-state index in [-0.39, 0.29) is 18.0 Å². The molecule has 0 unspecified atom stereocenters. The maximum absolute atomic E-state index is 11.7. The van der Waals surface area contributed by atoms with Crippen molar-refractivity contribution in [1.29, 1.82) is 0 Å². The van der Waals surface area contributed by atoms with Crippen molar-refractivity contribution in [2.45, 2.75) is 6.54 Å². The van der Waals surface area contributed by atoms with Crippen LogP contribution in [0.15, 0.2) is 47.7 Å². The number of carbonyl (C=O) groups is 1. The molecule has 2 rings (SSSR count). The number of nitrogens with zero attached hydrogens (tertiary/aromatic N) is 2. The molecule has 0 bridgehead atoms. The van der Waals surface area contributed by atoms with Gasteiger partial charge in [-0.1, -0.05) is 0 Å². The molecular weight excluding hydrogens is 232 g/mol. The number of nitrogen functional groups attached to an aromatic ring is 1. The van der Waals surface area contributed by atoms with Crippen LogP contribution in [0.2, 0.25) is 0 Å². The molecule has 0 aliphatic heterocycles. The summed E-state index contributed by atoms with van der Waals surface area (Å²) in [5, 5.41) is 2.64. The lowest BCUT2D eigenvalue weighted by Gasteiger charge is -2.07. The van der Waals surface area contributed by atoms with Crippen LogP contribution in [0, 0.1) is 0 Å². The van der Waals surface area contributed by atoms with Crippen LogP contribution in [0.1, 0.15) is 0 Å². The monoisotopic (exact) mass is 244 g/mol. The fraction of sp³-hybridized carbons (Fsp3) is 0.0833. The summed E-state index contributed by atoms with van der Waals surface area (Å²) < 4.78 is 1.25. The predicted molar refractivity (Wildman–Crippen MR) is 68.0 cm³/mol. The summed E-state index contributed by atoms with van der Waals surface area (Å²) in [4.78, 5) is 27.1. The second-order valence-corrected chi connectivity index (χ2v) is 3.72. The van der Waals surface area contributed by atoms with Gasteiger partial charge in [0.2, 0.25) is 5.91 Å². The van der Waals surface area contributed by atoms with Crippen molar-refractivity contribution in [2.75, 3.05) is 11.1 Å². The first-order valence-corrected chi connectivity index (χ1v) is 5.31. The molecule has 18 heavy (non-hydrogen) atoms. The third kappa shape index (κ3) is 2.94. The number of carbonyl (C=O) groups excluding carboxylic acids is 1. The Hall–Kier alpha value is -2.63. The Balaban J connectivity index is 2.08. The fourth-order valence-corrected chi connectivity index (χ4v) is 1.47. The molecule has 0 fully saturated rings. The fourth-order valence-electron chi connectivity index (χ4n) is 1.47. The van der Waals surface area contributed by atoms with E-state index in [4.69, 9.17) is 5.73 Å². The molecule has 2 heterocycles. The van der Waals surface area contributed by atoms with Gasteiger partial charge in [0.1, 0.15) is 6.54 Å². The second kappa shape index (κ2) is 5.13. The highest BCUT2D eigenvalue weighted by Crippen LogP contribution is 2.03. The van der Waals surface area contributed by atoms with E-state index in [1.807, 2.05) is 0 Å². The van der Waals surface area contributed by atoms with Gasteiger partial charge in [-0.2, -0.15) is 0 Å². The van der Waals surface area contributed by atoms with Crippen LogP contribution >= 0.6 is 0 Å². The summed E-state index contributed by atoms with van der Waals surface area (Å²) in [7, 11) is 0. The topological polar surface area (TPSA) is 90.0 Å². The molecule has 0 spiro atoms. The Kier molecular flexibility index (Phi) is 3.38. The predicted octanol–water partition coefficient (Wildman–Crippen LogP) is 0.464. The Morgan fingerprint density at radius 2 is 2.22 bits per heavy atom. The highest BCUT2D eigenvalue weighted by molar-refractivity contribution is 5.90. The largest absolute Gasteiger partial charge is 0.398 e. The van der Waals surface area contributed by atoms with Gasteiger partial charge >= 0.3 is 0 Å². The minimum Gasteiger partial charge on any atom is -0.398 e. The Morgan fingerprint density at radius 3 is 2.94 bits per heavy atom. The number of nitrogens with two attached hydrogens (primary N) is 1. The molecule has 0 saturated heterocycles. The first kappa shape index (κ1) is 11.8. The summed E-state index contributed by atoms with van der Waals surface area (Å²) >= 11 is 0. The van der Waals surface area contributed by atoms with Crippen molar-refractivity contribution in [3.63, 3.8) is 0 Å². The average Bonchev–Trinajstić information content (AvgIpc) is 2.35. The number of rotatable bonds is 3. The highest BCUT2D eigenvalue weighted by Gasteiger charge is 2.05. The van der Waals surface area contributed by atoms with Crippen LogP contribution in [0.3, 0.4) is 0 Å². The minimum absolute atomic E-state index is 0.0846. The van der Waals surface area contributed by atoms with Gasteiger partial charge in [0.05, 0.1) is 11.9 Å². The minimum atomic E-state index is -0.310. The standard InChI is InChI=1S/C12H12N4O2/c13-9-3-4-12(18)16(7-9)8-11(17)15-10-2-1-5-14-6-10/h1-7H,8,13H2,(H,15,17). The van der Waals surface area contributed by atoms with Gasteiger partial charge in [-0.05, 0) is 18.2 Å². The maximum atomic E-state index is 11.7. The quantitative estimate of drug-likeness (QED) is 0.821. The van der Waals surface area contributed by atoms with Gasteiger partial charge in [0.15, 0.2) is 0 Å². The van der Waals surface area contributed by atoms with Crippen molar-refractivity contribution in [1.82, 2.24) is 9.55 Å². The molecule has 6 nitrogen and oxygen atoms in total. The zero-order chi connectivity index (χ0) is 13.0. The zero-order valence-corrected chi connectivity index (χ0v) is 9.54. The third-order valence-electron chi connectivity index (χ3n) is 2.27. The Labute approximate surface area is 103 Å². The van der Waals surface area contributed by atoms with Gasteiger partial charge in [0.25, 0.3) is 5.56 Å². The summed E-state index contributed by atoms with van der Waals surface area (Å²) in [6.07, 6.45) is 4.57. The van der Waals surface area contributed by atoms with Crippen LogP contribution in [-0.4, -0.2) is 15.5 Å². The zero-order valence-electron chi connectivity index (χ0n) is 9.54. The highest BCUT2D eigenvalue weighted by atomic mass is 16.2. The van der Waals surface area contributed by atoms with E-state index in [0.717, 1.165) is 0 Å². The van der Waals surface area contributed by atoms with E-state index in [1.165, 1.54) is 29.1 Å². The van der Waals surface area contributed by atoms with Crippen molar-refractivity contribution < 1.29 is 4.79 Å². The number of amides is 1. The molecule has 0 aliphatic rings. The van der Waals surface area contributed by atoms with Gasteiger partial charge in [-0.3, -0.25) is 14.6 Å². The summed E-state index contributed by atoms with van der Waals surface area (Å²) in [6, 6.07) is 6.25. The van der Waals surface area contributed by atoms with Crippen molar-refractivity contribution in [3.05, 3.63) is 53.2 Å². The van der Waals surface area contributed by atoms with E-state index in [1.54, 1.807) is 18.3 Å². The van der Waals surface area contributed by atoms with Crippen molar-refractivity contribution in [3.8, 4) is 0 Å². The molecule has 2 aromatic heterocycles. The molecule has 92 valence electrons. The lowest BCUT2D eigenvalue weighted by Crippen LogP contribution is -2.27. The van der Waals surface area contributed by atoms with E-state index >= 15 is 0 Å². The molecule has 3 N–H and O–H groups in total. The van der Waals surface area contributed by atoms with E-state index in [0.29, 0.717) is 11.4 Å². The summed E-state index contributed by atoms with van der Waals surface area (Å²) in [5.74, 6) is -0.310. The van der Waals surface area contributed by atoms with E-state index in [9.17, 15) is 9.59 Å². The number of hydrogen-bond acceptors (Lipinski definition) is 4. The SMILES string of the molecule is Nc1ccc(=O)n(CC(=O)Nc2cccnc2)c1. The third-order valence-corrected chi connectivity index (χ3v) is 2.27. The van der Waals surface area contributed by atoms with Crippen molar-refractivity contribution in [2.24, 2.45) is 0 Å². The van der Waals surface area contributed by atoms with Crippen LogP contribution in [0.25, 0.3) is 0 Å². The molecule has 0 radical (unpaired) electrons. The first-order chi connectivity index (χ1) is 8.65. The van der Waals surface area contributed by atoms with Gasteiger partial charge in [-0.15, -0.1) is 0 Å². The van der Waals surface area contributed by atoms with Crippen LogP contribution in [0.4, 0.5) is 11.4 Å². The smallest absolute Gasteiger partial charge is 0.251 e. The van der Waals surface area contributed by atoms with E-state index < -0.39 is 0 Å². The van der Waals surface area contributed by atoms with Gasteiger partial charge in [0, 0.05) is 24.1 Å². The maximum Gasteiger partial charge on any atom is 0.251 e. The summed E-state index contributed by atoms with van der Waals surface area (Å²) in [6.45, 7) is -0.0846. The van der Waals surface area contributed by atoms with Crippen LogP contribution in [-0.2, 0) is 11.3 Å². The molecule has 6 heteroatoms. The van der Waals surface area contributed by atoms with Gasteiger partial charge < -0.3 is 15.6 Å². The van der Waals surface area contributed by atoms with Crippen LogP contribution in [0.5, 0.6) is 0 Å². The first-order valence-electron chi connectivity index (χ1n) is 5.31. The molecule has 2 aromatic rings. The lowest BCUT2D eigenvalue weighted by molar-refractivity contribution is -0.116. The lowest BCUT2D eigenvalue weighted by atomic mass is 10.4. The number of aromatic nitrogens is 2. The number of pyridine rings is 2. The molecular formula is C12H12N4O2. The summed E-state index contributed by atoms with van der Waals surface area (Å²) in [5.41, 5.74) is 6.30. The normalized spacial score (nSPS) is 10.0. The molecule has 0 saturated carbocycles. The number of anilines is 2. The molecule has 0 atom stereocenters. The second-order valence-electron chi connectivity index (χ2n) is 3.72. The Morgan fingerprint density at radius 1 is 1.39 bits per heavy atom. The molecule has 1 amide bonds. The number of nitrogens with one attached hydrogen (secondary N) is 1. The van der Waals surface area contributed by atoms with Crippen LogP contribution < -0.4 is 16.6 Å².